The Labute approximate surface area is 107 Å². The second-order valence-corrected chi connectivity index (χ2v) is 4.53. The average molecular weight is 275 g/mol. The minimum absolute atomic E-state index is 0.263. The molecule has 16 heavy (non-hydrogen) atoms. The second-order valence-electron chi connectivity index (χ2n) is 2.94. The molecule has 2 N–H and O–H groups in total. The molecule has 0 atom stereocenters. The van der Waals surface area contributed by atoms with Crippen molar-refractivity contribution >= 4 is 40.9 Å². The van der Waals surface area contributed by atoms with Gasteiger partial charge in [-0.3, -0.25) is 0 Å². The topological polar surface area (TPSA) is 56.7 Å². The number of benzene rings is 1. The largest absolute Gasteiger partial charge is 0.368 e. The molecule has 0 spiro atoms. The number of hydrogen-bond acceptors (Lipinski definition) is 4. The summed E-state index contributed by atoms with van der Waals surface area (Å²) in [6.45, 7) is 0. The van der Waals surface area contributed by atoms with E-state index in [-0.39, 0.29) is 5.95 Å². The van der Waals surface area contributed by atoms with Gasteiger partial charge in [-0.15, -0.1) is 5.10 Å². The molecule has 0 fully saturated rings. The third-order valence-corrected chi connectivity index (χ3v) is 3.09. The number of nitrogen functional groups attached to an aromatic ring is 1. The number of nitrogens with two attached hydrogens (primary N) is 1. The van der Waals surface area contributed by atoms with Gasteiger partial charge in [0.1, 0.15) is 5.69 Å². The van der Waals surface area contributed by atoms with Crippen LogP contribution in [0, 0.1) is 0 Å². The van der Waals surface area contributed by atoms with Crippen molar-refractivity contribution in [2.75, 3.05) is 12.0 Å². The van der Waals surface area contributed by atoms with Crippen LogP contribution in [0.2, 0.25) is 10.0 Å². The van der Waals surface area contributed by atoms with Gasteiger partial charge in [-0.2, -0.15) is 9.67 Å². The van der Waals surface area contributed by atoms with E-state index in [1.807, 2.05) is 6.26 Å². The molecular formula is C9H8Cl2N4S. The number of para-hydroxylation sites is 1. The first-order chi connectivity index (χ1) is 7.63. The van der Waals surface area contributed by atoms with Crippen LogP contribution >= 0.6 is 35.0 Å². The lowest BCUT2D eigenvalue weighted by atomic mass is 10.3. The molecule has 0 aliphatic carbocycles. The molecule has 0 radical (unpaired) electrons. The molecule has 2 aromatic rings. The highest BCUT2D eigenvalue weighted by Crippen LogP contribution is 2.29. The van der Waals surface area contributed by atoms with E-state index in [2.05, 4.69) is 10.1 Å². The summed E-state index contributed by atoms with van der Waals surface area (Å²) in [5.74, 6) is 0.263. The van der Waals surface area contributed by atoms with Crippen molar-refractivity contribution in [3.63, 3.8) is 0 Å². The SMILES string of the molecule is CSc1nc(N)n(-c2c(Cl)cccc2Cl)n1. The summed E-state index contributed by atoms with van der Waals surface area (Å²) in [4.78, 5) is 4.06. The summed E-state index contributed by atoms with van der Waals surface area (Å²) in [5, 5.41) is 5.74. The van der Waals surface area contributed by atoms with E-state index in [1.54, 1.807) is 18.2 Å². The number of halogens is 2. The Kier molecular flexibility index (Phi) is 3.28. The summed E-state index contributed by atoms with van der Waals surface area (Å²) in [6.07, 6.45) is 1.87. The first-order valence-electron chi connectivity index (χ1n) is 4.34. The van der Waals surface area contributed by atoms with E-state index < -0.39 is 0 Å². The number of nitrogens with zero attached hydrogens (tertiary/aromatic N) is 3. The Morgan fingerprint density at radius 2 is 1.94 bits per heavy atom. The number of thioether (sulfide) groups is 1. The Bertz CT molecular complexity index is 506. The van der Waals surface area contributed by atoms with Crippen LogP contribution in [-0.2, 0) is 0 Å². The van der Waals surface area contributed by atoms with Gasteiger partial charge in [-0.25, -0.2) is 0 Å². The molecule has 0 bridgehead atoms. The first-order valence-corrected chi connectivity index (χ1v) is 6.32. The fraction of sp³-hybridized carbons (Fsp3) is 0.111. The van der Waals surface area contributed by atoms with Gasteiger partial charge in [0, 0.05) is 0 Å². The van der Waals surface area contributed by atoms with E-state index in [0.717, 1.165) is 0 Å². The minimum atomic E-state index is 0.263. The van der Waals surface area contributed by atoms with E-state index in [1.165, 1.54) is 16.4 Å². The highest BCUT2D eigenvalue weighted by Gasteiger charge is 2.14. The molecule has 1 aromatic carbocycles. The first kappa shape index (κ1) is 11.6. The predicted molar refractivity (Wildman–Crippen MR) is 67.6 cm³/mol. The molecule has 84 valence electrons. The van der Waals surface area contributed by atoms with Gasteiger partial charge in [0.15, 0.2) is 0 Å². The van der Waals surface area contributed by atoms with Crippen LogP contribution in [0.25, 0.3) is 5.69 Å². The zero-order chi connectivity index (χ0) is 11.7. The lowest BCUT2D eigenvalue weighted by molar-refractivity contribution is 0.842. The van der Waals surface area contributed by atoms with E-state index in [4.69, 9.17) is 28.9 Å². The zero-order valence-corrected chi connectivity index (χ0v) is 10.6. The Hall–Kier alpha value is -0.910. The van der Waals surface area contributed by atoms with Crippen molar-refractivity contribution in [1.82, 2.24) is 14.8 Å². The van der Waals surface area contributed by atoms with Crippen LogP contribution in [0.15, 0.2) is 23.4 Å². The van der Waals surface area contributed by atoms with Gasteiger partial charge < -0.3 is 5.73 Å². The summed E-state index contributed by atoms with van der Waals surface area (Å²) < 4.78 is 1.44. The van der Waals surface area contributed by atoms with Crippen LogP contribution in [0.3, 0.4) is 0 Å². The summed E-state index contributed by atoms with van der Waals surface area (Å²) in [5.41, 5.74) is 6.30. The van der Waals surface area contributed by atoms with Crippen molar-refractivity contribution in [3.05, 3.63) is 28.2 Å². The molecule has 7 heteroatoms. The van der Waals surface area contributed by atoms with Gasteiger partial charge in [0.25, 0.3) is 0 Å². The predicted octanol–water partition coefficient (Wildman–Crippen LogP) is 2.88. The highest BCUT2D eigenvalue weighted by atomic mass is 35.5. The molecule has 2 rings (SSSR count). The lowest BCUT2D eigenvalue weighted by Crippen LogP contribution is -2.03. The maximum atomic E-state index is 6.05. The molecule has 0 unspecified atom stereocenters. The average Bonchev–Trinajstić information content (AvgIpc) is 2.60. The molecule has 0 saturated heterocycles. The number of aromatic nitrogens is 3. The number of anilines is 1. The Morgan fingerprint density at radius 1 is 1.31 bits per heavy atom. The van der Waals surface area contributed by atoms with E-state index in [0.29, 0.717) is 20.9 Å². The second kappa shape index (κ2) is 4.53. The normalized spacial score (nSPS) is 10.7. The molecular weight excluding hydrogens is 267 g/mol. The molecule has 0 saturated carbocycles. The standard InChI is InChI=1S/C9H8Cl2N4S/c1-16-9-13-8(12)15(14-9)7-5(10)3-2-4-6(7)11/h2-4H,1H3,(H2,12,13,14). The van der Waals surface area contributed by atoms with Gasteiger partial charge in [-0.1, -0.05) is 41.0 Å². The van der Waals surface area contributed by atoms with Crippen LogP contribution in [0.1, 0.15) is 0 Å². The number of rotatable bonds is 2. The minimum Gasteiger partial charge on any atom is -0.368 e. The van der Waals surface area contributed by atoms with Gasteiger partial charge >= 0.3 is 0 Å². The van der Waals surface area contributed by atoms with Crippen molar-refractivity contribution in [1.29, 1.82) is 0 Å². The van der Waals surface area contributed by atoms with Gasteiger partial charge in [0.05, 0.1) is 10.0 Å². The molecule has 0 aliphatic heterocycles. The van der Waals surface area contributed by atoms with E-state index in [9.17, 15) is 0 Å². The summed E-state index contributed by atoms with van der Waals surface area (Å²) in [6, 6.07) is 5.21. The monoisotopic (exact) mass is 274 g/mol. The molecule has 0 aliphatic rings. The quantitative estimate of drug-likeness (QED) is 0.856. The van der Waals surface area contributed by atoms with Crippen molar-refractivity contribution in [2.45, 2.75) is 5.16 Å². The van der Waals surface area contributed by atoms with Crippen LogP contribution in [0.4, 0.5) is 5.95 Å². The van der Waals surface area contributed by atoms with E-state index >= 15 is 0 Å². The third-order valence-electron chi connectivity index (χ3n) is 1.94. The highest BCUT2D eigenvalue weighted by molar-refractivity contribution is 7.98. The van der Waals surface area contributed by atoms with Crippen molar-refractivity contribution in [3.8, 4) is 5.69 Å². The zero-order valence-electron chi connectivity index (χ0n) is 8.32. The Morgan fingerprint density at radius 3 is 2.44 bits per heavy atom. The van der Waals surface area contributed by atoms with Crippen LogP contribution in [-0.4, -0.2) is 21.0 Å². The third kappa shape index (κ3) is 1.98. The van der Waals surface area contributed by atoms with Crippen LogP contribution in [0.5, 0.6) is 0 Å². The Balaban J connectivity index is 2.62. The molecule has 4 nitrogen and oxygen atoms in total. The van der Waals surface area contributed by atoms with Gasteiger partial charge in [0.2, 0.25) is 11.1 Å². The van der Waals surface area contributed by atoms with Gasteiger partial charge in [-0.05, 0) is 18.4 Å². The lowest BCUT2D eigenvalue weighted by Gasteiger charge is -2.06. The maximum absolute atomic E-state index is 6.05. The number of hydrogen-bond donors (Lipinski definition) is 1. The molecule has 1 heterocycles. The summed E-state index contributed by atoms with van der Waals surface area (Å²) in [7, 11) is 0. The molecule has 0 amide bonds. The fourth-order valence-corrected chi connectivity index (χ4v) is 2.15. The smallest absolute Gasteiger partial charge is 0.224 e. The van der Waals surface area contributed by atoms with Crippen molar-refractivity contribution in [2.24, 2.45) is 0 Å². The maximum Gasteiger partial charge on any atom is 0.224 e. The van der Waals surface area contributed by atoms with Crippen LogP contribution < -0.4 is 5.73 Å². The fourth-order valence-electron chi connectivity index (χ4n) is 1.25. The molecule has 1 aromatic heterocycles. The summed E-state index contributed by atoms with van der Waals surface area (Å²) >= 11 is 13.5. The van der Waals surface area contributed by atoms with Crippen molar-refractivity contribution < 1.29 is 0 Å².